The largest absolute Gasteiger partial charge is 0.380 e. The van der Waals surface area contributed by atoms with Crippen LogP contribution in [0.4, 0.5) is 17.5 Å². The first-order valence-corrected chi connectivity index (χ1v) is 5.41. The number of aryl methyl sites for hydroxylation is 1. The van der Waals surface area contributed by atoms with Gasteiger partial charge in [0.15, 0.2) is 0 Å². The Morgan fingerprint density at radius 1 is 1.50 bits per heavy atom. The molecule has 1 rings (SSSR count). The van der Waals surface area contributed by atoms with Crippen molar-refractivity contribution in [2.45, 2.75) is 13.8 Å². The fourth-order valence-corrected chi connectivity index (χ4v) is 1.36. The van der Waals surface area contributed by atoms with E-state index >= 15 is 0 Å². The van der Waals surface area contributed by atoms with Gasteiger partial charge < -0.3 is 10.1 Å². The number of rotatable bonds is 7. The highest BCUT2D eigenvalue weighted by atomic mass is 16.6. The van der Waals surface area contributed by atoms with Gasteiger partial charge in [-0.25, -0.2) is 10.8 Å². The third kappa shape index (κ3) is 3.50. The number of anilines is 2. The van der Waals surface area contributed by atoms with Gasteiger partial charge in [-0.05, 0) is 13.8 Å². The van der Waals surface area contributed by atoms with Crippen molar-refractivity contribution in [3.8, 4) is 0 Å². The lowest BCUT2D eigenvalue weighted by Crippen LogP contribution is -2.16. The molecule has 1 aromatic rings. The number of nitrogens with two attached hydrogens (primary N) is 1. The molecule has 1 aromatic heterocycles. The molecule has 0 aliphatic carbocycles. The van der Waals surface area contributed by atoms with Crippen LogP contribution in [-0.2, 0) is 4.74 Å². The third-order valence-corrected chi connectivity index (χ3v) is 2.11. The predicted molar refractivity (Wildman–Crippen MR) is 66.2 cm³/mol. The normalized spacial score (nSPS) is 10.2. The van der Waals surface area contributed by atoms with Crippen molar-refractivity contribution in [3.05, 3.63) is 15.8 Å². The van der Waals surface area contributed by atoms with E-state index < -0.39 is 4.92 Å². The highest BCUT2D eigenvalue weighted by Crippen LogP contribution is 2.25. The summed E-state index contributed by atoms with van der Waals surface area (Å²) in [6.07, 6.45) is 0. The molecule has 0 aromatic carbocycles. The summed E-state index contributed by atoms with van der Waals surface area (Å²) in [6.45, 7) is 4.82. The van der Waals surface area contributed by atoms with Crippen molar-refractivity contribution in [2.24, 2.45) is 5.84 Å². The zero-order chi connectivity index (χ0) is 13.5. The van der Waals surface area contributed by atoms with Gasteiger partial charge in [0.1, 0.15) is 5.69 Å². The van der Waals surface area contributed by atoms with E-state index in [1.165, 1.54) is 6.92 Å². The van der Waals surface area contributed by atoms with E-state index in [0.29, 0.717) is 19.8 Å². The summed E-state index contributed by atoms with van der Waals surface area (Å²) < 4.78 is 5.13. The lowest BCUT2D eigenvalue weighted by Gasteiger charge is -2.09. The van der Waals surface area contributed by atoms with E-state index in [1.807, 2.05) is 6.92 Å². The monoisotopic (exact) mass is 256 g/mol. The summed E-state index contributed by atoms with van der Waals surface area (Å²) in [5, 5.41) is 13.8. The number of hydrogen-bond acceptors (Lipinski definition) is 8. The molecule has 100 valence electrons. The maximum absolute atomic E-state index is 10.9. The van der Waals surface area contributed by atoms with E-state index in [2.05, 4.69) is 20.7 Å². The molecular formula is C9H16N6O3. The van der Waals surface area contributed by atoms with Crippen molar-refractivity contribution in [2.75, 3.05) is 30.5 Å². The number of ether oxygens (including phenoxy) is 1. The number of aromatic nitrogens is 2. The van der Waals surface area contributed by atoms with Crippen LogP contribution < -0.4 is 16.6 Å². The first kappa shape index (κ1) is 14.1. The maximum Gasteiger partial charge on any atom is 0.332 e. The van der Waals surface area contributed by atoms with Gasteiger partial charge in [0.25, 0.3) is 0 Å². The molecule has 0 aliphatic rings. The zero-order valence-electron chi connectivity index (χ0n) is 10.3. The second-order valence-electron chi connectivity index (χ2n) is 3.35. The molecule has 0 saturated carbocycles. The summed E-state index contributed by atoms with van der Waals surface area (Å²) >= 11 is 0. The molecule has 0 atom stereocenters. The van der Waals surface area contributed by atoms with Gasteiger partial charge in [0, 0.05) is 13.2 Å². The SMILES string of the molecule is CCOCCNc1nc(NN)nc(C)c1[N+](=O)[O-]. The van der Waals surface area contributed by atoms with Crippen LogP contribution in [0.3, 0.4) is 0 Å². The van der Waals surface area contributed by atoms with Crippen LogP contribution in [0.2, 0.25) is 0 Å². The second kappa shape index (κ2) is 6.67. The van der Waals surface area contributed by atoms with E-state index in [0.717, 1.165) is 0 Å². The molecule has 0 amide bonds. The van der Waals surface area contributed by atoms with E-state index in [4.69, 9.17) is 10.6 Å². The quantitative estimate of drug-likeness (QED) is 0.277. The van der Waals surface area contributed by atoms with Crippen LogP contribution in [0.15, 0.2) is 0 Å². The first-order chi connectivity index (χ1) is 8.60. The molecular weight excluding hydrogens is 240 g/mol. The van der Waals surface area contributed by atoms with Gasteiger partial charge in [-0.1, -0.05) is 0 Å². The predicted octanol–water partition coefficient (Wildman–Crippen LogP) is 0.427. The van der Waals surface area contributed by atoms with Gasteiger partial charge >= 0.3 is 5.69 Å². The summed E-state index contributed by atoms with van der Waals surface area (Å²) in [5.74, 6) is 5.44. The van der Waals surface area contributed by atoms with Crippen LogP contribution in [-0.4, -0.2) is 34.6 Å². The fourth-order valence-electron chi connectivity index (χ4n) is 1.36. The Morgan fingerprint density at radius 2 is 2.22 bits per heavy atom. The zero-order valence-corrected chi connectivity index (χ0v) is 10.3. The number of nitrogens with zero attached hydrogens (tertiary/aromatic N) is 3. The van der Waals surface area contributed by atoms with E-state index in [9.17, 15) is 10.1 Å². The van der Waals surface area contributed by atoms with Gasteiger partial charge in [0.05, 0.1) is 11.5 Å². The smallest absolute Gasteiger partial charge is 0.332 e. The Labute approximate surface area is 104 Å². The molecule has 0 unspecified atom stereocenters. The minimum Gasteiger partial charge on any atom is -0.380 e. The number of hydrogen-bond donors (Lipinski definition) is 3. The standard InChI is InChI=1S/C9H16N6O3/c1-3-18-5-4-11-8-7(15(16)17)6(2)12-9(13-8)14-10/h3-5,10H2,1-2H3,(H2,11,12,13,14). The number of nitro groups is 1. The fraction of sp³-hybridized carbons (Fsp3) is 0.556. The highest BCUT2D eigenvalue weighted by molar-refractivity contribution is 5.60. The Kier molecular flexibility index (Phi) is 5.21. The maximum atomic E-state index is 10.9. The van der Waals surface area contributed by atoms with Crippen LogP contribution in [0.1, 0.15) is 12.6 Å². The topological polar surface area (TPSA) is 128 Å². The molecule has 0 fully saturated rings. The van der Waals surface area contributed by atoms with Crippen molar-refractivity contribution in [3.63, 3.8) is 0 Å². The lowest BCUT2D eigenvalue weighted by molar-refractivity contribution is -0.385. The van der Waals surface area contributed by atoms with Gasteiger partial charge in [-0.15, -0.1) is 0 Å². The van der Waals surface area contributed by atoms with Crippen LogP contribution in [0.25, 0.3) is 0 Å². The average molecular weight is 256 g/mol. The Morgan fingerprint density at radius 3 is 2.78 bits per heavy atom. The summed E-state index contributed by atoms with van der Waals surface area (Å²) in [5.41, 5.74) is 2.34. The van der Waals surface area contributed by atoms with Crippen LogP contribution >= 0.6 is 0 Å². The molecule has 0 aliphatic heterocycles. The third-order valence-electron chi connectivity index (χ3n) is 2.11. The number of nitrogen functional groups attached to an aromatic ring is 1. The summed E-state index contributed by atoms with van der Waals surface area (Å²) in [6, 6.07) is 0. The Bertz CT molecular complexity index is 425. The molecule has 1 heterocycles. The average Bonchev–Trinajstić information content (AvgIpc) is 2.33. The molecule has 0 spiro atoms. The van der Waals surface area contributed by atoms with E-state index in [1.54, 1.807) is 0 Å². The van der Waals surface area contributed by atoms with Crippen molar-refractivity contribution < 1.29 is 9.66 Å². The van der Waals surface area contributed by atoms with E-state index in [-0.39, 0.29) is 23.1 Å². The van der Waals surface area contributed by atoms with Crippen molar-refractivity contribution in [1.29, 1.82) is 0 Å². The molecule has 4 N–H and O–H groups in total. The first-order valence-electron chi connectivity index (χ1n) is 5.41. The molecule has 9 nitrogen and oxygen atoms in total. The Hall–Kier alpha value is -2.00. The molecule has 9 heteroatoms. The molecule has 0 bridgehead atoms. The Balaban J connectivity index is 2.91. The minimum absolute atomic E-state index is 0.122. The second-order valence-corrected chi connectivity index (χ2v) is 3.35. The van der Waals surface area contributed by atoms with Crippen molar-refractivity contribution >= 4 is 17.5 Å². The molecule has 18 heavy (non-hydrogen) atoms. The van der Waals surface area contributed by atoms with Gasteiger partial charge in [-0.3, -0.25) is 15.5 Å². The summed E-state index contributed by atoms with van der Waals surface area (Å²) in [7, 11) is 0. The lowest BCUT2D eigenvalue weighted by atomic mass is 10.3. The highest BCUT2D eigenvalue weighted by Gasteiger charge is 2.21. The van der Waals surface area contributed by atoms with Gasteiger partial charge in [-0.2, -0.15) is 4.98 Å². The van der Waals surface area contributed by atoms with Crippen molar-refractivity contribution in [1.82, 2.24) is 9.97 Å². The molecule has 0 radical (unpaired) electrons. The minimum atomic E-state index is -0.529. The molecule has 0 saturated heterocycles. The van der Waals surface area contributed by atoms with Crippen LogP contribution in [0.5, 0.6) is 0 Å². The van der Waals surface area contributed by atoms with Gasteiger partial charge in [0.2, 0.25) is 11.8 Å². The van der Waals surface area contributed by atoms with Crippen LogP contribution in [0, 0.1) is 17.0 Å². The number of nitrogens with one attached hydrogen (secondary N) is 2. The number of hydrazine groups is 1. The summed E-state index contributed by atoms with van der Waals surface area (Å²) in [4.78, 5) is 18.2.